The second-order valence-corrected chi connectivity index (χ2v) is 8.33. The van der Waals surface area contributed by atoms with Crippen LogP contribution in [0, 0.1) is 0 Å². The number of rotatable bonds is 2. The zero-order valence-corrected chi connectivity index (χ0v) is 14.4. The first-order chi connectivity index (χ1) is 10.7. The van der Waals surface area contributed by atoms with Gasteiger partial charge in [0.05, 0.1) is 0 Å². The Balaban J connectivity index is 1.58. The lowest BCUT2D eigenvalue weighted by atomic mass is 10.2. The van der Waals surface area contributed by atoms with E-state index in [-0.39, 0.29) is 6.17 Å². The Morgan fingerprint density at radius 3 is 1.45 bits per heavy atom. The lowest BCUT2D eigenvalue weighted by Crippen LogP contribution is -2.03. The van der Waals surface area contributed by atoms with Gasteiger partial charge < -0.3 is 0 Å². The number of nitrogens with zero attached hydrogens (tertiary/aromatic N) is 2. The monoisotopic (exact) mass is 364 g/mol. The third kappa shape index (κ3) is 2.81. The fourth-order valence-corrected chi connectivity index (χ4v) is 5.09. The van der Waals surface area contributed by atoms with E-state index < -0.39 is 0 Å². The third-order valence-electron chi connectivity index (χ3n) is 3.38. The van der Waals surface area contributed by atoms with Crippen LogP contribution in [0.3, 0.4) is 0 Å². The molecule has 2 aromatic carbocycles. The summed E-state index contributed by atoms with van der Waals surface area (Å²) in [6.07, 6.45) is -0.00800. The molecule has 6 heteroatoms. The summed E-state index contributed by atoms with van der Waals surface area (Å²) in [5, 5.41) is 3.56. The summed E-state index contributed by atoms with van der Waals surface area (Å²) in [5.41, 5.74) is 2.21. The van der Waals surface area contributed by atoms with Crippen LogP contribution in [0.15, 0.2) is 58.5 Å². The lowest BCUT2D eigenvalue weighted by Gasteiger charge is -2.05. The van der Waals surface area contributed by atoms with Crippen LogP contribution in [0.5, 0.6) is 0 Å². The summed E-state index contributed by atoms with van der Waals surface area (Å²) in [6.45, 7) is 0. The van der Waals surface area contributed by atoms with Gasteiger partial charge in [-0.25, -0.2) is 9.98 Å². The maximum atomic E-state index is 5.93. The van der Waals surface area contributed by atoms with Gasteiger partial charge in [0.1, 0.15) is 14.7 Å². The highest BCUT2D eigenvalue weighted by molar-refractivity contribution is 8.31. The van der Waals surface area contributed by atoms with Crippen LogP contribution >= 0.6 is 46.7 Å². The van der Waals surface area contributed by atoms with Crippen molar-refractivity contribution in [3.05, 3.63) is 69.7 Å². The number of benzene rings is 2. The Morgan fingerprint density at radius 1 is 0.682 bits per heavy atom. The van der Waals surface area contributed by atoms with Crippen LogP contribution in [0.2, 0.25) is 10.0 Å². The van der Waals surface area contributed by atoms with Crippen LogP contribution in [0.1, 0.15) is 11.1 Å². The Hall–Kier alpha value is -0.940. The van der Waals surface area contributed by atoms with Crippen molar-refractivity contribution < 1.29 is 0 Å². The molecule has 0 saturated carbocycles. The Labute approximate surface area is 147 Å². The molecule has 2 aliphatic rings. The number of hydrogen-bond acceptors (Lipinski definition) is 4. The zero-order chi connectivity index (χ0) is 15.1. The molecule has 0 aliphatic carbocycles. The van der Waals surface area contributed by atoms with Crippen molar-refractivity contribution in [2.24, 2.45) is 9.98 Å². The molecule has 0 radical (unpaired) electrons. The van der Waals surface area contributed by atoms with Gasteiger partial charge in [0.2, 0.25) is 0 Å². The molecule has 2 nitrogen and oxygen atoms in total. The Morgan fingerprint density at radius 2 is 1.09 bits per heavy atom. The summed E-state index contributed by atoms with van der Waals surface area (Å²) in [7, 11) is 0. The molecule has 0 aromatic heterocycles. The van der Waals surface area contributed by atoms with Crippen molar-refractivity contribution in [3.8, 4) is 0 Å². The minimum atomic E-state index is -0.00800. The topological polar surface area (TPSA) is 24.7 Å². The van der Waals surface area contributed by atoms with Crippen molar-refractivity contribution >= 4 is 56.8 Å². The molecule has 0 atom stereocenters. The first-order valence-corrected chi connectivity index (χ1v) is 9.21. The second kappa shape index (κ2) is 5.93. The molecule has 2 aliphatic heterocycles. The molecule has 4 rings (SSSR count). The van der Waals surface area contributed by atoms with Crippen molar-refractivity contribution in [2.75, 3.05) is 0 Å². The molecule has 2 aromatic rings. The molecule has 0 amide bonds. The molecule has 110 valence electrons. The first kappa shape index (κ1) is 14.6. The van der Waals surface area contributed by atoms with E-state index in [1.807, 2.05) is 48.5 Å². The minimum absolute atomic E-state index is 0.00800. The van der Waals surface area contributed by atoms with E-state index in [0.717, 1.165) is 31.3 Å². The highest BCUT2D eigenvalue weighted by Crippen LogP contribution is 2.44. The third-order valence-corrected chi connectivity index (χ3v) is 6.54. The summed E-state index contributed by atoms with van der Waals surface area (Å²) in [6, 6.07) is 15.6. The number of fused-ring (bicyclic) bond motifs is 1. The van der Waals surface area contributed by atoms with Gasteiger partial charge in [-0.15, -0.1) is 0 Å². The smallest absolute Gasteiger partial charge is 0.163 e. The molecule has 0 unspecified atom stereocenters. The van der Waals surface area contributed by atoms with Gasteiger partial charge in [0.15, 0.2) is 6.17 Å². The van der Waals surface area contributed by atoms with Crippen molar-refractivity contribution in [3.63, 3.8) is 0 Å². The molecule has 0 N–H and O–H groups in total. The fraction of sp³-hybridized carbons (Fsp3) is 0.125. The zero-order valence-electron chi connectivity index (χ0n) is 11.2. The van der Waals surface area contributed by atoms with E-state index in [9.17, 15) is 0 Å². The predicted molar refractivity (Wildman–Crippen MR) is 98.7 cm³/mol. The molecule has 2 heterocycles. The van der Waals surface area contributed by atoms with Gasteiger partial charge in [-0.2, -0.15) is 0 Å². The van der Waals surface area contributed by atoms with Crippen LogP contribution in [-0.4, -0.2) is 20.8 Å². The Bertz CT molecular complexity index is 704. The van der Waals surface area contributed by atoms with Crippen LogP contribution in [-0.2, 0) is 0 Å². The normalized spacial score (nSPS) is 23.2. The summed E-state index contributed by atoms with van der Waals surface area (Å²) >= 11 is 15.4. The minimum Gasteiger partial charge on any atom is -0.249 e. The highest BCUT2D eigenvalue weighted by atomic mass is 35.5. The first-order valence-electron chi connectivity index (χ1n) is 6.70. The van der Waals surface area contributed by atoms with E-state index in [1.165, 1.54) is 0 Å². The highest BCUT2D eigenvalue weighted by Gasteiger charge is 2.37. The Kier molecular flexibility index (Phi) is 3.95. The largest absolute Gasteiger partial charge is 0.249 e. The second-order valence-electron chi connectivity index (χ2n) is 4.90. The molecular formula is C16H10Cl2N2S2. The molecule has 22 heavy (non-hydrogen) atoms. The summed E-state index contributed by atoms with van der Waals surface area (Å²) in [4.78, 5) is 9.49. The van der Waals surface area contributed by atoms with Gasteiger partial charge in [-0.05, 0) is 24.3 Å². The van der Waals surface area contributed by atoms with Gasteiger partial charge in [-0.3, -0.25) is 0 Å². The lowest BCUT2D eigenvalue weighted by molar-refractivity contribution is 0.809. The maximum absolute atomic E-state index is 5.93. The summed E-state index contributed by atoms with van der Waals surface area (Å²) in [5.74, 6) is 0. The molecule has 0 bridgehead atoms. The summed E-state index contributed by atoms with van der Waals surface area (Å²) < 4.78 is 0.316. The van der Waals surface area contributed by atoms with Crippen molar-refractivity contribution in [2.45, 2.75) is 10.7 Å². The average Bonchev–Trinajstić information content (AvgIpc) is 3.07. The van der Waals surface area contributed by atoms with E-state index in [4.69, 9.17) is 33.2 Å². The van der Waals surface area contributed by atoms with E-state index in [1.54, 1.807) is 23.5 Å². The molecular weight excluding hydrogens is 355 g/mol. The molecule has 0 fully saturated rings. The molecule has 0 spiro atoms. The quantitative estimate of drug-likeness (QED) is 0.718. The van der Waals surface area contributed by atoms with Crippen LogP contribution < -0.4 is 0 Å². The van der Waals surface area contributed by atoms with Crippen LogP contribution in [0.25, 0.3) is 0 Å². The van der Waals surface area contributed by atoms with Crippen molar-refractivity contribution in [1.29, 1.82) is 0 Å². The van der Waals surface area contributed by atoms with E-state index >= 15 is 0 Å². The fourth-order valence-electron chi connectivity index (χ4n) is 2.29. The number of hydrogen-bond donors (Lipinski definition) is 0. The maximum Gasteiger partial charge on any atom is 0.163 e. The van der Waals surface area contributed by atoms with Crippen LogP contribution in [0.4, 0.5) is 0 Å². The van der Waals surface area contributed by atoms with Gasteiger partial charge in [-0.1, -0.05) is 71.0 Å². The van der Waals surface area contributed by atoms with E-state index in [2.05, 4.69) is 0 Å². The number of halogens is 2. The SMILES string of the molecule is Clc1ccc(C2=NC3N=C(c4ccc(Cl)cc4)SC3S2)cc1. The standard InChI is InChI=1S/C16H10Cl2N2S2/c17-11-5-1-9(2-6-11)14-19-13-16(21-14)22-15(20-13)10-3-7-12(18)8-4-10/h1-8,13,16H. The van der Waals surface area contributed by atoms with Gasteiger partial charge in [0, 0.05) is 21.2 Å². The van der Waals surface area contributed by atoms with E-state index in [0.29, 0.717) is 4.58 Å². The number of aliphatic imine (C=N–C) groups is 2. The van der Waals surface area contributed by atoms with Gasteiger partial charge >= 0.3 is 0 Å². The van der Waals surface area contributed by atoms with Gasteiger partial charge in [0.25, 0.3) is 0 Å². The molecule has 0 saturated heterocycles. The van der Waals surface area contributed by atoms with Crippen molar-refractivity contribution in [1.82, 2.24) is 0 Å². The predicted octanol–water partition coefficient (Wildman–Crippen LogP) is 5.33. The number of thioether (sulfide) groups is 2. The average molecular weight is 365 g/mol.